The van der Waals surface area contributed by atoms with Crippen LogP contribution in [0.4, 0.5) is 23.3 Å². The van der Waals surface area contributed by atoms with Gasteiger partial charge in [0.05, 0.1) is 25.5 Å². The number of rotatable bonds is 12. The second-order valence-electron chi connectivity index (χ2n) is 19.8. The van der Waals surface area contributed by atoms with Crippen LogP contribution in [0.3, 0.4) is 0 Å². The minimum atomic E-state index is -1.17. The number of aromatic nitrogens is 7. The largest absolute Gasteiger partial charge is 0.481 e. The van der Waals surface area contributed by atoms with Crippen molar-refractivity contribution >= 4 is 88.4 Å². The molecule has 0 saturated heterocycles. The Kier molecular flexibility index (Phi) is 65.3. The van der Waals surface area contributed by atoms with E-state index >= 15 is 0 Å². The smallest absolute Gasteiger partial charge is 0.360 e. The van der Waals surface area contributed by atoms with Crippen LogP contribution in [-0.4, -0.2) is 142 Å². The summed E-state index contributed by atoms with van der Waals surface area (Å²) in [6.07, 6.45) is 0.750. The molecule has 7 aromatic heterocycles. The van der Waals surface area contributed by atoms with E-state index in [1.807, 2.05) is 34.6 Å². The van der Waals surface area contributed by atoms with Crippen molar-refractivity contribution in [1.82, 2.24) is 46.4 Å². The lowest BCUT2D eigenvalue weighted by atomic mass is 10.2. The number of nitrogens with zero attached hydrogens (tertiary/aromatic N) is 8. The Morgan fingerprint density at radius 1 is 0.491 bits per heavy atom. The van der Waals surface area contributed by atoms with Gasteiger partial charge >= 0.3 is 23.9 Å². The highest BCUT2D eigenvalue weighted by molar-refractivity contribution is 6.04. The molecular formula is C66H111N17O23. The number of amides is 1. The van der Waals surface area contributed by atoms with E-state index in [1.54, 1.807) is 104 Å². The van der Waals surface area contributed by atoms with Crippen molar-refractivity contribution in [2.24, 2.45) is 17.4 Å². The lowest BCUT2D eigenvalue weighted by molar-refractivity contribution is -0.150. The highest BCUT2D eigenvalue weighted by Gasteiger charge is 2.25. The summed E-state index contributed by atoms with van der Waals surface area (Å²) >= 11 is 0. The standard InChI is InChI=1S/C8H13NO4.C8H11NO3.C6H7NO3.C6H11NO3.C6H9NO.2C5H9N3O.2C5H8N2O.C3H3NO.C3H6O.C2H4O2.C2H4O.C2H6.H3N/c1-4-13-8(12)7(5(2)10)9-6(3)11;1-4-11-8(10)7-5(2)12-6(3)9-7;1-3-5(6(8)9)7-4(2)10-3;1-3-10-6(9)5(7)4(2)8;1-4-5(2)8-6(3)7-4;2*1-3-5(8-6)7-4(2)9-3;2*1-3-5(6)7-4(2)8-3;1-3(5)2-4;1-3(2)4;1-2(3)4;1-2-3;1-2;/h7H,4H2,1-3H3,(H,9,11);4H2,1-3H3;1-2H3,(H,8,9);5H,3,7H2,1-2H3;1-3H3;2*8H,6H2,1-2H3;2*6H2,1-2H3;1H3;1-2H3;1H3,(H,3,4);2H,1H3;1-2H3;1H3. The van der Waals surface area contributed by atoms with Crippen molar-refractivity contribution in [2.45, 2.75) is 206 Å². The number of ether oxygens (including phenoxy) is 3. The van der Waals surface area contributed by atoms with E-state index in [1.165, 1.54) is 54.5 Å². The number of hydrogen-bond acceptors (Lipinski definition) is 37. The third-order valence-electron chi connectivity index (χ3n) is 9.99. The Morgan fingerprint density at radius 2 is 0.774 bits per heavy atom. The van der Waals surface area contributed by atoms with Gasteiger partial charge in [-0.2, -0.15) is 25.2 Å². The number of nitrogens with two attached hydrogens (primary N) is 5. The zero-order valence-corrected chi connectivity index (χ0v) is 66.0. The summed E-state index contributed by atoms with van der Waals surface area (Å²) < 4.78 is 48.9. The first kappa shape index (κ1) is 110. The fourth-order valence-corrected chi connectivity index (χ4v) is 5.85. The molecule has 7 rings (SSSR count). The maximum atomic E-state index is 11.1. The first-order chi connectivity index (χ1) is 48.5. The summed E-state index contributed by atoms with van der Waals surface area (Å²) in [6.45, 7) is 46.8. The second-order valence-corrected chi connectivity index (χ2v) is 19.8. The van der Waals surface area contributed by atoms with Gasteiger partial charge in [0.1, 0.15) is 58.5 Å². The van der Waals surface area contributed by atoms with Crippen molar-refractivity contribution in [3.05, 3.63) is 98.6 Å². The highest BCUT2D eigenvalue weighted by atomic mass is 16.5. The van der Waals surface area contributed by atoms with E-state index in [0.29, 0.717) is 88.3 Å². The van der Waals surface area contributed by atoms with Gasteiger partial charge in [-0.15, -0.1) is 0 Å². The molecule has 2 unspecified atom stereocenters. The minimum absolute atomic E-state index is 0. The zero-order chi connectivity index (χ0) is 83.7. The molecule has 7 heterocycles. The third-order valence-corrected chi connectivity index (χ3v) is 9.99. The number of hydrogen-bond donors (Lipinski definition) is 11. The van der Waals surface area contributed by atoms with Crippen molar-refractivity contribution in [2.75, 3.05) is 42.1 Å². The minimum Gasteiger partial charge on any atom is -0.481 e. The van der Waals surface area contributed by atoms with Crippen LogP contribution in [0.5, 0.6) is 0 Å². The summed E-state index contributed by atoms with van der Waals surface area (Å²) in [5, 5.41) is 25.6. The highest BCUT2D eigenvalue weighted by Crippen LogP contribution is 2.15. The number of aryl methyl sites for hydroxylation is 15. The average molecular weight is 1510 g/mol. The maximum Gasteiger partial charge on any atom is 0.360 e. The van der Waals surface area contributed by atoms with Crippen molar-refractivity contribution in [3.8, 4) is 6.07 Å². The summed E-state index contributed by atoms with van der Waals surface area (Å²) in [5.74, 6) is 15.9. The number of aliphatic carboxylic acids is 1. The topological polar surface area (TPSA) is 663 Å². The van der Waals surface area contributed by atoms with Gasteiger partial charge in [-0.3, -0.25) is 24.0 Å². The molecular weight excluding hydrogens is 1400 g/mol. The van der Waals surface area contributed by atoms with Crippen molar-refractivity contribution < 1.29 is 108 Å². The van der Waals surface area contributed by atoms with Crippen LogP contribution in [-0.2, 0) is 57.4 Å². The summed E-state index contributed by atoms with van der Waals surface area (Å²) in [6, 6.07) is -0.891. The number of nitriles is 1. The van der Waals surface area contributed by atoms with Gasteiger partial charge in [0, 0.05) is 69.2 Å². The van der Waals surface area contributed by atoms with E-state index in [4.69, 9.17) is 89.6 Å². The lowest BCUT2D eigenvalue weighted by Gasteiger charge is -2.12. The monoisotopic (exact) mass is 1510 g/mol. The molecule has 7 aromatic rings. The lowest BCUT2D eigenvalue weighted by Crippen LogP contribution is -2.45. The van der Waals surface area contributed by atoms with Gasteiger partial charge in [-0.05, 0) is 111 Å². The number of nitrogens with one attached hydrogen (secondary N) is 3. The first-order valence-electron chi connectivity index (χ1n) is 31.3. The Bertz CT molecular complexity index is 3520. The number of carbonyl (C=O) groups is 11. The van der Waals surface area contributed by atoms with Crippen LogP contribution in [0, 0.1) is 115 Å². The Hall–Kier alpha value is -11.8. The molecule has 2 atom stereocenters. The molecule has 40 nitrogen and oxygen atoms in total. The van der Waals surface area contributed by atoms with Crippen LogP contribution >= 0.6 is 0 Å². The summed E-state index contributed by atoms with van der Waals surface area (Å²) in [7, 11) is 0. The van der Waals surface area contributed by atoms with Gasteiger partial charge < -0.3 is 104 Å². The van der Waals surface area contributed by atoms with Crippen LogP contribution in [0.25, 0.3) is 0 Å². The van der Waals surface area contributed by atoms with Gasteiger partial charge in [0.2, 0.25) is 11.7 Å². The predicted octanol–water partition coefficient (Wildman–Crippen LogP) is 8.25. The average Bonchev–Trinajstić information content (AvgIpc) is 1.72. The van der Waals surface area contributed by atoms with Crippen LogP contribution in [0.15, 0.2) is 30.9 Å². The number of nitrogen functional groups attached to an aromatic ring is 4. The maximum absolute atomic E-state index is 11.1. The molecule has 0 radical (unpaired) electrons. The van der Waals surface area contributed by atoms with Gasteiger partial charge in [-0.1, -0.05) is 13.8 Å². The van der Waals surface area contributed by atoms with Gasteiger partial charge in [-0.25, -0.2) is 45.8 Å². The number of hydrazine groups is 2. The van der Waals surface area contributed by atoms with Gasteiger partial charge in [0.25, 0.3) is 5.97 Å². The van der Waals surface area contributed by atoms with E-state index in [9.17, 15) is 43.2 Å². The molecule has 598 valence electrons. The number of carbonyl (C=O) groups excluding carboxylic acids is 9. The number of oxazole rings is 7. The number of Topliss-reactive ketones (excluding diaryl/α,β-unsaturated/α-hetero) is 4. The molecule has 106 heavy (non-hydrogen) atoms. The number of carboxylic acids is 2. The molecule has 0 aliphatic carbocycles. The fourth-order valence-electron chi connectivity index (χ4n) is 5.85. The summed E-state index contributed by atoms with van der Waals surface area (Å²) in [5.41, 5.74) is 21.9. The number of esters is 3. The second kappa shape index (κ2) is 62.9. The zero-order valence-electron chi connectivity index (χ0n) is 66.0. The Labute approximate surface area is 616 Å². The van der Waals surface area contributed by atoms with E-state index < -0.39 is 59.4 Å². The Morgan fingerprint density at radius 3 is 0.934 bits per heavy atom. The normalized spacial score (nSPS) is 9.42. The number of aldehydes is 1. The number of anilines is 4. The fraction of sp³-hybridized carbons (Fsp3) is 0.500. The molecule has 0 aliphatic rings. The first-order valence-corrected chi connectivity index (χ1v) is 31.3. The van der Waals surface area contributed by atoms with Gasteiger partial charge in [0.15, 0.2) is 99.5 Å². The molecule has 40 heteroatoms. The summed E-state index contributed by atoms with van der Waals surface area (Å²) in [4.78, 5) is 139. The number of ketones is 4. The molecule has 0 bridgehead atoms. The molecule has 0 aromatic carbocycles. The Balaban J connectivity index is -0.000000165. The van der Waals surface area contributed by atoms with E-state index in [0.717, 1.165) is 42.1 Å². The number of carboxylic acid groups (broad SMARTS) is 2. The molecule has 0 spiro atoms. The number of aromatic carboxylic acids is 1. The van der Waals surface area contributed by atoms with Crippen molar-refractivity contribution in [3.63, 3.8) is 0 Å². The quantitative estimate of drug-likeness (QED) is 0.0104. The molecule has 0 saturated carbocycles. The molecule has 1 amide bonds. The SMILES string of the molecule is CC.CC(=O)C#N.CC(=O)O.CC(C)=O.CC=O.CCOC(=O)C(N)C(C)=O.CCOC(=O)C(NC(C)=O)C(C)=O.CCOC(=O)c1nc(C)oc1C.Cc1nc(C(=O)O)c(C)o1.Cc1nc(C)c(C)o1.Cc1nc(N)c(C)o1.Cc1nc(N)c(C)o1.Cc1nc(NN)c(C)o1.Cc1nc(NN)c(C)o1.N. The predicted molar refractivity (Wildman–Crippen MR) is 388 cm³/mol. The molecule has 18 N–H and O–H groups in total. The van der Waals surface area contributed by atoms with Crippen LogP contribution in [0.1, 0.15) is 198 Å². The molecule has 0 aliphatic heterocycles. The van der Waals surface area contributed by atoms with E-state index in [2.05, 4.69) is 60.5 Å². The van der Waals surface area contributed by atoms with E-state index in [-0.39, 0.29) is 42.3 Å². The van der Waals surface area contributed by atoms with Crippen molar-refractivity contribution in [1.29, 1.82) is 5.26 Å². The molecule has 0 fully saturated rings. The van der Waals surface area contributed by atoms with Crippen LogP contribution < -0.4 is 51.2 Å². The third kappa shape index (κ3) is 57.8. The van der Waals surface area contributed by atoms with Crippen LogP contribution in [0.2, 0.25) is 0 Å².